The second-order valence-corrected chi connectivity index (χ2v) is 4.10. The minimum atomic E-state index is -1.22. The summed E-state index contributed by atoms with van der Waals surface area (Å²) in [5.74, 6) is -3.23. The van der Waals surface area contributed by atoms with Crippen LogP contribution < -0.4 is 0 Å². The Bertz CT molecular complexity index is 584. The van der Waals surface area contributed by atoms with E-state index in [0.717, 1.165) is 6.42 Å². The number of nitrogens with zero attached hydrogens (tertiary/aromatic N) is 1. The smallest absolute Gasteiger partial charge is 0.168 e. The normalized spacial score (nSPS) is 11.1. The Kier molecular flexibility index (Phi) is 3.24. The van der Waals surface area contributed by atoms with E-state index in [-0.39, 0.29) is 16.1 Å². The minimum Gasteiger partial charge on any atom is -0.233 e. The van der Waals surface area contributed by atoms with Crippen molar-refractivity contribution < 1.29 is 13.2 Å². The molecule has 0 unspecified atom stereocenters. The number of benzene rings is 1. The molecule has 90 valence electrons. The third-order valence-corrected chi connectivity index (χ3v) is 2.82. The van der Waals surface area contributed by atoms with Crippen LogP contribution in [0.2, 0.25) is 5.15 Å². The van der Waals surface area contributed by atoms with E-state index in [1.54, 1.807) is 0 Å². The third-order valence-electron chi connectivity index (χ3n) is 2.49. The van der Waals surface area contributed by atoms with Crippen LogP contribution in [-0.2, 0) is 6.42 Å². The SMILES string of the molecule is CCCc1cc2c(F)c(F)cc(F)c2nc1Cl. The second-order valence-electron chi connectivity index (χ2n) is 3.74. The van der Waals surface area contributed by atoms with Crippen molar-refractivity contribution in [3.05, 3.63) is 40.3 Å². The van der Waals surface area contributed by atoms with Gasteiger partial charge in [0.15, 0.2) is 17.5 Å². The Morgan fingerprint density at radius 2 is 1.88 bits per heavy atom. The number of hydrogen-bond donors (Lipinski definition) is 0. The lowest BCUT2D eigenvalue weighted by Crippen LogP contribution is -1.97. The van der Waals surface area contributed by atoms with Gasteiger partial charge < -0.3 is 0 Å². The van der Waals surface area contributed by atoms with E-state index in [4.69, 9.17) is 11.6 Å². The van der Waals surface area contributed by atoms with Gasteiger partial charge in [-0.15, -0.1) is 0 Å². The largest absolute Gasteiger partial charge is 0.233 e. The van der Waals surface area contributed by atoms with Crippen molar-refractivity contribution in [2.75, 3.05) is 0 Å². The Morgan fingerprint density at radius 3 is 2.53 bits per heavy atom. The van der Waals surface area contributed by atoms with Gasteiger partial charge in [0, 0.05) is 11.5 Å². The van der Waals surface area contributed by atoms with E-state index in [9.17, 15) is 13.2 Å². The predicted octanol–water partition coefficient (Wildman–Crippen LogP) is 4.26. The number of aromatic nitrogens is 1. The molecule has 2 aromatic rings. The van der Waals surface area contributed by atoms with E-state index in [1.165, 1.54) is 6.07 Å². The molecular weight excluding hydrogens is 251 g/mol. The zero-order chi connectivity index (χ0) is 12.6. The first-order valence-electron chi connectivity index (χ1n) is 5.17. The number of hydrogen-bond acceptors (Lipinski definition) is 1. The maximum Gasteiger partial charge on any atom is 0.168 e. The molecule has 5 heteroatoms. The molecule has 0 fully saturated rings. The lowest BCUT2D eigenvalue weighted by atomic mass is 10.1. The first-order valence-corrected chi connectivity index (χ1v) is 5.55. The quantitative estimate of drug-likeness (QED) is 0.580. The average Bonchev–Trinajstić information content (AvgIpc) is 2.28. The molecule has 0 saturated carbocycles. The molecule has 0 atom stereocenters. The Labute approximate surface area is 101 Å². The molecule has 0 aliphatic rings. The van der Waals surface area contributed by atoms with Crippen LogP contribution in [-0.4, -0.2) is 4.98 Å². The number of fused-ring (bicyclic) bond motifs is 1. The van der Waals surface area contributed by atoms with Crippen LogP contribution in [0.25, 0.3) is 10.9 Å². The molecule has 17 heavy (non-hydrogen) atoms. The van der Waals surface area contributed by atoms with Crippen molar-refractivity contribution in [1.82, 2.24) is 4.98 Å². The summed E-state index contributed by atoms with van der Waals surface area (Å²) in [5.41, 5.74) is 0.347. The molecule has 1 heterocycles. The Morgan fingerprint density at radius 1 is 1.18 bits per heavy atom. The Hall–Kier alpha value is -1.29. The first kappa shape index (κ1) is 12.2. The number of halogens is 4. The molecule has 0 aliphatic carbocycles. The van der Waals surface area contributed by atoms with Crippen molar-refractivity contribution >= 4 is 22.5 Å². The van der Waals surface area contributed by atoms with Crippen molar-refractivity contribution in [2.24, 2.45) is 0 Å². The molecule has 0 radical (unpaired) electrons. The summed E-state index contributed by atoms with van der Waals surface area (Å²) in [4.78, 5) is 3.78. The molecule has 0 amide bonds. The van der Waals surface area contributed by atoms with Crippen LogP contribution in [0, 0.1) is 17.5 Å². The highest BCUT2D eigenvalue weighted by atomic mass is 35.5. The third kappa shape index (κ3) is 2.09. The van der Waals surface area contributed by atoms with E-state index in [1.807, 2.05) is 6.92 Å². The lowest BCUT2D eigenvalue weighted by molar-refractivity contribution is 0.505. The Balaban J connectivity index is 2.79. The van der Waals surface area contributed by atoms with Gasteiger partial charge >= 0.3 is 0 Å². The molecule has 0 saturated heterocycles. The van der Waals surface area contributed by atoms with Gasteiger partial charge in [0.25, 0.3) is 0 Å². The van der Waals surface area contributed by atoms with Crippen molar-refractivity contribution in [2.45, 2.75) is 19.8 Å². The fourth-order valence-corrected chi connectivity index (χ4v) is 1.93. The summed E-state index contributed by atoms with van der Waals surface area (Å²) in [6.45, 7) is 1.92. The number of rotatable bonds is 2. The van der Waals surface area contributed by atoms with E-state index < -0.39 is 17.5 Å². The molecular formula is C12H9ClF3N. The van der Waals surface area contributed by atoms with Gasteiger partial charge in [0.2, 0.25) is 0 Å². The predicted molar refractivity (Wildman–Crippen MR) is 60.6 cm³/mol. The van der Waals surface area contributed by atoms with Crippen LogP contribution in [0.3, 0.4) is 0 Å². The van der Waals surface area contributed by atoms with Crippen LogP contribution in [0.1, 0.15) is 18.9 Å². The lowest BCUT2D eigenvalue weighted by Gasteiger charge is -2.07. The fourth-order valence-electron chi connectivity index (χ4n) is 1.70. The molecule has 0 N–H and O–H groups in total. The van der Waals surface area contributed by atoms with Crippen LogP contribution in [0.15, 0.2) is 12.1 Å². The van der Waals surface area contributed by atoms with E-state index >= 15 is 0 Å². The van der Waals surface area contributed by atoms with Crippen LogP contribution in [0.5, 0.6) is 0 Å². The van der Waals surface area contributed by atoms with Gasteiger partial charge in [-0.25, -0.2) is 18.2 Å². The highest BCUT2D eigenvalue weighted by Gasteiger charge is 2.15. The van der Waals surface area contributed by atoms with Gasteiger partial charge in [0.05, 0.1) is 0 Å². The number of aryl methyl sites for hydroxylation is 1. The molecule has 1 nitrogen and oxygen atoms in total. The van der Waals surface area contributed by atoms with Gasteiger partial charge in [0.1, 0.15) is 10.7 Å². The number of pyridine rings is 1. The standard InChI is InChI=1S/C12H9ClF3N/c1-2-3-6-4-7-10(16)8(14)5-9(15)11(7)17-12(6)13/h4-5H,2-3H2,1H3. The van der Waals surface area contributed by atoms with Gasteiger partial charge in [-0.1, -0.05) is 24.9 Å². The molecule has 2 rings (SSSR count). The summed E-state index contributed by atoms with van der Waals surface area (Å²) >= 11 is 5.85. The summed E-state index contributed by atoms with van der Waals surface area (Å²) < 4.78 is 40.0. The monoisotopic (exact) mass is 259 g/mol. The van der Waals surface area contributed by atoms with E-state index in [0.29, 0.717) is 18.1 Å². The van der Waals surface area contributed by atoms with Crippen LogP contribution in [0.4, 0.5) is 13.2 Å². The van der Waals surface area contributed by atoms with Crippen molar-refractivity contribution in [1.29, 1.82) is 0 Å². The zero-order valence-corrected chi connectivity index (χ0v) is 9.78. The van der Waals surface area contributed by atoms with Crippen LogP contribution >= 0.6 is 11.6 Å². The summed E-state index contributed by atoms with van der Waals surface area (Å²) in [6, 6.07) is 1.83. The van der Waals surface area contributed by atoms with E-state index in [2.05, 4.69) is 4.98 Å². The second kappa shape index (κ2) is 4.53. The first-order chi connectivity index (χ1) is 8.04. The van der Waals surface area contributed by atoms with Crippen molar-refractivity contribution in [3.8, 4) is 0 Å². The highest BCUT2D eigenvalue weighted by molar-refractivity contribution is 6.30. The highest BCUT2D eigenvalue weighted by Crippen LogP contribution is 2.27. The average molecular weight is 260 g/mol. The maximum atomic E-state index is 13.5. The van der Waals surface area contributed by atoms with Gasteiger partial charge in [-0.05, 0) is 18.1 Å². The molecule has 0 bridgehead atoms. The maximum absolute atomic E-state index is 13.5. The molecule has 1 aromatic heterocycles. The summed E-state index contributed by atoms with van der Waals surface area (Å²) in [5, 5.41) is -0.0420. The zero-order valence-electron chi connectivity index (χ0n) is 9.03. The minimum absolute atomic E-state index is 0.129. The summed E-state index contributed by atoms with van der Waals surface area (Å²) in [7, 11) is 0. The van der Waals surface area contributed by atoms with Gasteiger partial charge in [-0.3, -0.25) is 0 Å². The molecule has 0 aliphatic heterocycles. The summed E-state index contributed by atoms with van der Waals surface area (Å²) in [6.07, 6.45) is 1.37. The van der Waals surface area contributed by atoms with Gasteiger partial charge in [-0.2, -0.15) is 0 Å². The van der Waals surface area contributed by atoms with Crippen molar-refractivity contribution in [3.63, 3.8) is 0 Å². The topological polar surface area (TPSA) is 12.9 Å². The molecule has 1 aromatic carbocycles. The fraction of sp³-hybridized carbons (Fsp3) is 0.250. The molecule has 0 spiro atoms.